The van der Waals surface area contributed by atoms with Gasteiger partial charge in [-0.15, -0.1) is 0 Å². The van der Waals surface area contributed by atoms with Crippen molar-refractivity contribution in [1.82, 2.24) is 10.2 Å². The molecule has 0 aromatic heterocycles. The highest BCUT2D eigenvalue weighted by Gasteiger charge is 2.15. The van der Waals surface area contributed by atoms with Crippen molar-refractivity contribution in [1.29, 1.82) is 0 Å². The van der Waals surface area contributed by atoms with Crippen LogP contribution < -0.4 is 14.8 Å². The molecule has 3 rings (SSSR count). The monoisotopic (exact) mass is 432 g/mol. The lowest BCUT2D eigenvalue weighted by Crippen LogP contribution is -2.23. The third kappa shape index (κ3) is 5.02. The van der Waals surface area contributed by atoms with Crippen molar-refractivity contribution in [3.05, 3.63) is 57.6 Å². The molecule has 1 saturated heterocycles. The quantitative estimate of drug-likeness (QED) is 0.718. The SMILES string of the molecule is COc1cc(C(=O)NCc2ccc(CN3CCCC3)cc2)cc(OC)c1Br. The van der Waals surface area contributed by atoms with Crippen molar-refractivity contribution in [3.8, 4) is 11.5 Å². The Morgan fingerprint density at radius 3 is 2.15 bits per heavy atom. The molecule has 0 radical (unpaired) electrons. The molecule has 0 aliphatic carbocycles. The number of ether oxygens (including phenoxy) is 2. The van der Waals surface area contributed by atoms with Gasteiger partial charge >= 0.3 is 0 Å². The molecule has 1 N–H and O–H groups in total. The van der Waals surface area contributed by atoms with E-state index in [9.17, 15) is 4.79 Å². The average Bonchev–Trinajstić information content (AvgIpc) is 3.20. The highest BCUT2D eigenvalue weighted by Crippen LogP contribution is 2.35. The predicted molar refractivity (Wildman–Crippen MR) is 109 cm³/mol. The Kier molecular flexibility index (Phi) is 6.74. The van der Waals surface area contributed by atoms with E-state index in [-0.39, 0.29) is 5.91 Å². The zero-order valence-corrected chi connectivity index (χ0v) is 17.3. The third-order valence-corrected chi connectivity index (χ3v) is 5.57. The van der Waals surface area contributed by atoms with E-state index < -0.39 is 0 Å². The highest BCUT2D eigenvalue weighted by atomic mass is 79.9. The summed E-state index contributed by atoms with van der Waals surface area (Å²) in [5.74, 6) is 0.955. The van der Waals surface area contributed by atoms with Gasteiger partial charge in [0, 0.05) is 18.7 Å². The van der Waals surface area contributed by atoms with Gasteiger partial charge in [0.1, 0.15) is 16.0 Å². The normalized spacial score (nSPS) is 14.2. The number of hydrogen-bond acceptors (Lipinski definition) is 4. The lowest BCUT2D eigenvalue weighted by atomic mass is 10.1. The van der Waals surface area contributed by atoms with Crippen molar-refractivity contribution in [3.63, 3.8) is 0 Å². The Morgan fingerprint density at radius 2 is 1.59 bits per heavy atom. The first kappa shape index (κ1) is 19.7. The molecule has 27 heavy (non-hydrogen) atoms. The Labute approximate surface area is 168 Å². The molecule has 5 nitrogen and oxygen atoms in total. The van der Waals surface area contributed by atoms with Crippen LogP contribution in [0.4, 0.5) is 0 Å². The van der Waals surface area contributed by atoms with Gasteiger partial charge in [-0.2, -0.15) is 0 Å². The van der Waals surface area contributed by atoms with Crippen molar-refractivity contribution in [2.24, 2.45) is 0 Å². The summed E-state index contributed by atoms with van der Waals surface area (Å²) in [4.78, 5) is 15.0. The maximum Gasteiger partial charge on any atom is 0.251 e. The Balaban J connectivity index is 1.60. The third-order valence-electron chi connectivity index (χ3n) is 4.79. The summed E-state index contributed by atoms with van der Waals surface area (Å²) >= 11 is 3.41. The first-order valence-electron chi connectivity index (χ1n) is 9.10. The maximum atomic E-state index is 12.5. The number of carbonyl (C=O) groups is 1. The Bertz CT molecular complexity index is 762. The van der Waals surface area contributed by atoms with Gasteiger partial charge in [0.2, 0.25) is 0 Å². The van der Waals surface area contributed by atoms with Crippen LogP contribution in [0.5, 0.6) is 11.5 Å². The van der Waals surface area contributed by atoms with E-state index in [0.717, 1.165) is 12.1 Å². The lowest BCUT2D eigenvalue weighted by Gasteiger charge is -2.15. The zero-order chi connectivity index (χ0) is 19.2. The van der Waals surface area contributed by atoms with Crippen molar-refractivity contribution < 1.29 is 14.3 Å². The molecule has 2 aromatic rings. The predicted octanol–water partition coefficient (Wildman–Crippen LogP) is 3.99. The summed E-state index contributed by atoms with van der Waals surface area (Å²) in [7, 11) is 3.12. The van der Waals surface area contributed by atoms with Gasteiger partial charge in [-0.05, 0) is 65.1 Å². The molecule has 0 unspecified atom stereocenters. The van der Waals surface area contributed by atoms with Crippen LogP contribution in [0.2, 0.25) is 0 Å². The van der Waals surface area contributed by atoms with Crippen molar-refractivity contribution >= 4 is 21.8 Å². The minimum Gasteiger partial charge on any atom is -0.495 e. The molecule has 0 atom stereocenters. The number of amides is 1. The molecule has 1 aliphatic heterocycles. The smallest absolute Gasteiger partial charge is 0.251 e. The summed E-state index contributed by atoms with van der Waals surface area (Å²) in [5, 5.41) is 2.95. The summed E-state index contributed by atoms with van der Waals surface area (Å²) in [6.45, 7) is 3.87. The van der Waals surface area contributed by atoms with Gasteiger partial charge in [0.05, 0.1) is 14.2 Å². The fourth-order valence-corrected chi connectivity index (χ4v) is 3.80. The molecule has 2 aromatic carbocycles. The topological polar surface area (TPSA) is 50.8 Å². The fraction of sp³-hybridized carbons (Fsp3) is 0.381. The van der Waals surface area contributed by atoms with E-state index in [2.05, 4.69) is 50.4 Å². The van der Waals surface area contributed by atoms with Crippen LogP contribution in [-0.2, 0) is 13.1 Å². The minimum atomic E-state index is -0.166. The van der Waals surface area contributed by atoms with E-state index in [4.69, 9.17) is 9.47 Å². The first-order valence-corrected chi connectivity index (χ1v) is 9.90. The van der Waals surface area contributed by atoms with E-state index in [1.165, 1.54) is 31.5 Å². The summed E-state index contributed by atoms with van der Waals surface area (Å²) in [6, 6.07) is 11.8. The molecule has 1 amide bonds. The molecule has 0 bridgehead atoms. The number of nitrogens with one attached hydrogen (secondary N) is 1. The van der Waals surface area contributed by atoms with E-state index in [0.29, 0.717) is 28.1 Å². The van der Waals surface area contributed by atoms with Gasteiger partial charge in [-0.25, -0.2) is 0 Å². The summed E-state index contributed by atoms with van der Waals surface area (Å²) in [6.07, 6.45) is 2.60. The molecule has 1 aliphatic rings. The average molecular weight is 433 g/mol. The minimum absolute atomic E-state index is 0.166. The van der Waals surface area contributed by atoms with E-state index in [1.54, 1.807) is 26.4 Å². The van der Waals surface area contributed by atoms with Crippen LogP contribution >= 0.6 is 15.9 Å². The lowest BCUT2D eigenvalue weighted by molar-refractivity contribution is 0.0950. The fourth-order valence-electron chi connectivity index (χ4n) is 3.25. The molecule has 0 spiro atoms. The van der Waals surface area contributed by atoms with Gasteiger partial charge < -0.3 is 14.8 Å². The van der Waals surface area contributed by atoms with Gasteiger partial charge in [-0.1, -0.05) is 24.3 Å². The highest BCUT2D eigenvalue weighted by molar-refractivity contribution is 9.10. The van der Waals surface area contributed by atoms with Gasteiger partial charge in [-0.3, -0.25) is 9.69 Å². The molecule has 144 valence electrons. The Hall–Kier alpha value is -2.05. The number of hydrogen-bond donors (Lipinski definition) is 1. The largest absolute Gasteiger partial charge is 0.495 e. The van der Waals surface area contributed by atoms with Crippen LogP contribution in [0.1, 0.15) is 34.3 Å². The number of methoxy groups -OCH3 is 2. The molecule has 1 heterocycles. The summed E-state index contributed by atoms with van der Waals surface area (Å²) in [5.41, 5.74) is 2.89. The molecular weight excluding hydrogens is 408 g/mol. The standard InChI is InChI=1S/C21H25BrN2O3/c1-26-18-11-17(12-19(27-2)20(18)22)21(25)23-13-15-5-7-16(8-6-15)14-24-9-3-4-10-24/h5-8,11-12H,3-4,9-10,13-14H2,1-2H3,(H,23,25). The number of benzene rings is 2. The van der Waals surface area contributed by atoms with Crippen LogP contribution in [0.15, 0.2) is 40.9 Å². The number of halogens is 1. The maximum absolute atomic E-state index is 12.5. The second-order valence-corrected chi connectivity index (χ2v) is 7.47. The van der Waals surface area contributed by atoms with E-state index in [1.807, 2.05) is 0 Å². The van der Waals surface area contributed by atoms with Gasteiger partial charge in [0.25, 0.3) is 5.91 Å². The zero-order valence-electron chi connectivity index (χ0n) is 15.8. The molecular formula is C21H25BrN2O3. The van der Waals surface area contributed by atoms with Crippen LogP contribution in [0, 0.1) is 0 Å². The van der Waals surface area contributed by atoms with E-state index >= 15 is 0 Å². The molecule has 6 heteroatoms. The molecule has 0 saturated carbocycles. The van der Waals surface area contributed by atoms with Crippen LogP contribution in [-0.4, -0.2) is 38.1 Å². The van der Waals surface area contributed by atoms with Crippen LogP contribution in [0.25, 0.3) is 0 Å². The molecule has 1 fully saturated rings. The second kappa shape index (κ2) is 9.24. The van der Waals surface area contributed by atoms with Gasteiger partial charge in [0.15, 0.2) is 0 Å². The number of likely N-dealkylation sites (tertiary alicyclic amines) is 1. The van der Waals surface area contributed by atoms with Crippen LogP contribution in [0.3, 0.4) is 0 Å². The Morgan fingerprint density at radius 1 is 1.04 bits per heavy atom. The second-order valence-electron chi connectivity index (χ2n) is 6.68. The first-order chi connectivity index (χ1) is 13.1. The number of rotatable bonds is 7. The number of nitrogens with zero attached hydrogens (tertiary/aromatic N) is 1. The van der Waals surface area contributed by atoms with Crippen molar-refractivity contribution in [2.45, 2.75) is 25.9 Å². The van der Waals surface area contributed by atoms with Crippen molar-refractivity contribution in [2.75, 3.05) is 27.3 Å². The summed E-state index contributed by atoms with van der Waals surface area (Å²) < 4.78 is 11.3. The number of carbonyl (C=O) groups excluding carboxylic acids is 1.